The lowest BCUT2D eigenvalue weighted by Gasteiger charge is -2.36. The van der Waals surface area contributed by atoms with Gasteiger partial charge < -0.3 is 24.2 Å². The Morgan fingerprint density at radius 2 is 1.78 bits per heavy atom. The van der Waals surface area contributed by atoms with Gasteiger partial charge in [-0.15, -0.1) is 0 Å². The minimum absolute atomic E-state index is 0.220. The van der Waals surface area contributed by atoms with Crippen molar-refractivity contribution >= 4 is 29.2 Å². The third-order valence-electron chi connectivity index (χ3n) is 6.65. The van der Waals surface area contributed by atoms with Crippen molar-refractivity contribution in [2.24, 2.45) is 4.99 Å². The van der Waals surface area contributed by atoms with E-state index >= 15 is 0 Å². The first-order chi connectivity index (χ1) is 17.4. The highest BCUT2D eigenvalue weighted by molar-refractivity contribution is 6.31. The molecule has 186 valence electrons. The third kappa shape index (κ3) is 5.03. The number of halogens is 1. The summed E-state index contributed by atoms with van der Waals surface area (Å²) in [5.74, 6) is 2.75. The molecule has 1 unspecified atom stereocenters. The Morgan fingerprint density at radius 3 is 2.56 bits per heavy atom. The van der Waals surface area contributed by atoms with Crippen LogP contribution in [0.3, 0.4) is 0 Å². The second kappa shape index (κ2) is 10.2. The summed E-state index contributed by atoms with van der Waals surface area (Å²) in [4.78, 5) is 23.9. The molecule has 8 heteroatoms. The molecule has 3 aromatic rings. The van der Waals surface area contributed by atoms with Crippen LogP contribution in [-0.2, 0) is 0 Å². The van der Waals surface area contributed by atoms with Crippen molar-refractivity contribution in [2.45, 2.75) is 13.0 Å². The average molecular weight is 505 g/mol. The number of piperazine rings is 1. The normalized spacial score (nSPS) is 15.9. The van der Waals surface area contributed by atoms with Crippen LogP contribution < -0.4 is 9.47 Å². The number of hydrogen-bond donors (Lipinski definition) is 0. The van der Waals surface area contributed by atoms with Gasteiger partial charge in [0.15, 0.2) is 5.75 Å². The van der Waals surface area contributed by atoms with Gasteiger partial charge in [-0.1, -0.05) is 35.9 Å². The number of nitrogens with zero attached hydrogens (tertiary/aromatic N) is 4. The summed E-state index contributed by atoms with van der Waals surface area (Å²) in [5.41, 5.74) is 2.69. The SMILES string of the molecule is CC(c1cccc(OC(=O)N2CCN(C3=Nc4ccccc4Oc4ccc(Cl)cc43)CC2)c1)N(C)C. The highest BCUT2D eigenvalue weighted by Crippen LogP contribution is 2.39. The molecule has 5 rings (SSSR count). The van der Waals surface area contributed by atoms with Crippen LogP contribution in [0, 0.1) is 0 Å². The fraction of sp³-hybridized carbons (Fsp3) is 0.286. The standard InChI is InChI=1S/C28H29ClN4O3/c1-19(31(2)3)20-7-6-8-22(17-20)35-28(34)33-15-13-32(14-16-33)27-23-18-21(29)11-12-25(23)36-26-10-5-4-9-24(26)30-27/h4-12,17-19H,13-16H2,1-3H3. The van der Waals surface area contributed by atoms with Crippen molar-refractivity contribution in [1.29, 1.82) is 0 Å². The summed E-state index contributed by atoms with van der Waals surface area (Å²) in [6.45, 7) is 4.37. The Hall–Kier alpha value is -3.55. The Kier molecular flexibility index (Phi) is 6.85. The van der Waals surface area contributed by atoms with Crippen LogP contribution >= 0.6 is 11.6 Å². The van der Waals surface area contributed by atoms with Crippen LogP contribution in [0.15, 0.2) is 71.7 Å². The molecule has 2 aliphatic rings. The molecule has 1 saturated heterocycles. The highest BCUT2D eigenvalue weighted by Gasteiger charge is 2.28. The molecule has 1 fully saturated rings. The van der Waals surface area contributed by atoms with Crippen molar-refractivity contribution < 1.29 is 14.3 Å². The van der Waals surface area contributed by atoms with Gasteiger partial charge in [0, 0.05) is 37.2 Å². The van der Waals surface area contributed by atoms with E-state index in [2.05, 4.69) is 16.7 Å². The Balaban J connectivity index is 1.31. The number of ether oxygens (including phenoxy) is 2. The van der Waals surface area contributed by atoms with Crippen LogP contribution in [0.1, 0.15) is 24.1 Å². The minimum Gasteiger partial charge on any atom is -0.454 e. The fourth-order valence-electron chi connectivity index (χ4n) is 4.34. The first kappa shape index (κ1) is 24.2. The average Bonchev–Trinajstić information content (AvgIpc) is 3.05. The molecule has 36 heavy (non-hydrogen) atoms. The maximum absolute atomic E-state index is 12.9. The summed E-state index contributed by atoms with van der Waals surface area (Å²) < 4.78 is 11.9. The summed E-state index contributed by atoms with van der Waals surface area (Å²) in [6.07, 6.45) is -0.343. The number of para-hydroxylation sites is 2. The fourth-order valence-corrected chi connectivity index (χ4v) is 4.51. The van der Waals surface area contributed by atoms with Gasteiger partial charge >= 0.3 is 6.09 Å². The molecule has 0 aliphatic carbocycles. The zero-order valence-electron chi connectivity index (χ0n) is 20.6. The van der Waals surface area contributed by atoms with E-state index in [0.717, 1.165) is 22.6 Å². The van der Waals surface area contributed by atoms with Crippen molar-refractivity contribution in [3.05, 3.63) is 82.9 Å². The topological polar surface area (TPSA) is 57.6 Å². The van der Waals surface area contributed by atoms with Gasteiger partial charge in [-0.25, -0.2) is 9.79 Å². The van der Waals surface area contributed by atoms with Gasteiger partial charge in [-0.05, 0) is 69.0 Å². The second-order valence-electron chi connectivity index (χ2n) is 9.20. The Bertz CT molecular complexity index is 1300. The van der Waals surface area contributed by atoms with Crippen LogP contribution in [0.25, 0.3) is 0 Å². The van der Waals surface area contributed by atoms with Crippen molar-refractivity contribution in [1.82, 2.24) is 14.7 Å². The maximum Gasteiger partial charge on any atom is 0.415 e. The van der Waals surface area contributed by atoms with Gasteiger partial charge in [0.05, 0.1) is 5.56 Å². The lowest BCUT2D eigenvalue weighted by Crippen LogP contribution is -2.51. The Labute approximate surface area is 216 Å². The summed E-state index contributed by atoms with van der Waals surface area (Å²) in [6, 6.07) is 21.2. The zero-order valence-corrected chi connectivity index (χ0v) is 21.4. The third-order valence-corrected chi connectivity index (χ3v) is 6.89. The molecular formula is C28H29ClN4O3. The number of fused-ring (bicyclic) bond motifs is 2. The molecule has 1 amide bonds. The smallest absolute Gasteiger partial charge is 0.415 e. The summed E-state index contributed by atoms with van der Waals surface area (Å²) in [5, 5.41) is 0.615. The lowest BCUT2D eigenvalue weighted by atomic mass is 10.1. The molecule has 1 atom stereocenters. The number of amides is 1. The molecule has 2 heterocycles. The summed E-state index contributed by atoms with van der Waals surface area (Å²) >= 11 is 6.33. The Morgan fingerprint density at radius 1 is 1.00 bits per heavy atom. The number of carbonyl (C=O) groups is 1. The minimum atomic E-state index is -0.343. The van der Waals surface area contributed by atoms with Crippen LogP contribution in [-0.4, -0.2) is 66.9 Å². The van der Waals surface area contributed by atoms with Gasteiger partial charge in [0.1, 0.15) is 23.0 Å². The summed E-state index contributed by atoms with van der Waals surface area (Å²) in [7, 11) is 4.05. The molecule has 0 radical (unpaired) electrons. The predicted octanol–water partition coefficient (Wildman–Crippen LogP) is 5.96. The molecule has 0 bridgehead atoms. The number of carbonyl (C=O) groups excluding carboxylic acids is 1. The van der Waals surface area contributed by atoms with Gasteiger partial charge in [-0.2, -0.15) is 0 Å². The van der Waals surface area contributed by atoms with Gasteiger partial charge in [-0.3, -0.25) is 0 Å². The van der Waals surface area contributed by atoms with E-state index in [0.29, 0.717) is 48.5 Å². The van der Waals surface area contributed by atoms with Crippen molar-refractivity contribution in [3.63, 3.8) is 0 Å². The first-order valence-electron chi connectivity index (χ1n) is 12.0. The number of aliphatic imine (C=N–C) groups is 1. The van der Waals surface area contributed by atoms with E-state index < -0.39 is 0 Å². The molecule has 0 saturated carbocycles. The van der Waals surface area contributed by atoms with E-state index in [1.807, 2.05) is 80.8 Å². The van der Waals surface area contributed by atoms with E-state index in [4.69, 9.17) is 26.1 Å². The van der Waals surface area contributed by atoms with Crippen LogP contribution in [0.2, 0.25) is 5.02 Å². The number of amidine groups is 1. The molecule has 2 aliphatic heterocycles. The zero-order chi connectivity index (χ0) is 25.2. The second-order valence-corrected chi connectivity index (χ2v) is 9.64. The number of rotatable bonds is 3. The quantitative estimate of drug-likeness (QED) is 0.440. The monoisotopic (exact) mass is 504 g/mol. The van der Waals surface area contributed by atoms with Gasteiger partial charge in [0.25, 0.3) is 0 Å². The molecule has 0 spiro atoms. The van der Waals surface area contributed by atoms with Crippen molar-refractivity contribution in [3.8, 4) is 17.2 Å². The molecule has 0 N–H and O–H groups in total. The predicted molar refractivity (Wildman–Crippen MR) is 142 cm³/mol. The molecule has 0 aromatic heterocycles. The largest absolute Gasteiger partial charge is 0.454 e. The van der Waals surface area contributed by atoms with E-state index in [1.165, 1.54) is 0 Å². The molecule has 3 aromatic carbocycles. The molecular weight excluding hydrogens is 476 g/mol. The van der Waals surface area contributed by atoms with Gasteiger partial charge in [0.2, 0.25) is 0 Å². The van der Waals surface area contributed by atoms with E-state index in [-0.39, 0.29) is 12.1 Å². The van der Waals surface area contributed by atoms with E-state index in [1.54, 1.807) is 4.90 Å². The van der Waals surface area contributed by atoms with Crippen LogP contribution in [0.5, 0.6) is 17.2 Å². The van der Waals surface area contributed by atoms with E-state index in [9.17, 15) is 4.79 Å². The van der Waals surface area contributed by atoms with Crippen molar-refractivity contribution in [2.75, 3.05) is 40.3 Å². The molecule has 7 nitrogen and oxygen atoms in total. The number of benzene rings is 3. The van der Waals surface area contributed by atoms with Crippen LogP contribution in [0.4, 0.5) is 10.5 Å². The first-order valence-corrected chi connectivity index (χ1v) is 12.4. The lowest BCUT2D eigenvalue weighted by molar-refractivity contribution is 0.130. The number of hydrogen-bond acceptors (Lipinski definition) is 6. The maximum atomic E-state index is 12.9. The highest BCUT2D eigenvalue weighted by atomic mass is 35.5.